The number of nitrogens with zero attached hydrogens (tertiary/aromatic N) is 2. The Hall–Kier alpha value is -1.91. The number of hydrogen-bond donors (Lipinski definition) is 1. The first-order chi connectivity index (χ1) is 10.2. The van der Waals surface area contributed by atoms with Crippen LogP contribution in [0, 0.1) is 5.92 Å². The predicted octanol–water partition coefficient (Wildman–Crippen LogP) is 1.10. The first-order valence-corrected chi connectivity index (χ1v) is 7.59. The third-order valence-corrected chi connectivity index (χ3v) is 4.87. The SMILES string of the molecule is CNC(=O)C1CN(C(=O)C2(c3cccnc3)CCCC2)C1. The summed E-state index contributed by atoms with van der Waals surface area (Å²) in [5.74, 6) is 0.153. The first-order valence-electron chi connectivity index (χ1n) is 7.59. The zero-order valence-electron chi connectivity index (χ0n) is 12.3. The van der Waals surface area contributed by atoms with Crippen LogP contribution in [0.5, 0.6) is 0 Å². The Morgan fingerprint density at radius 3 is 2.62 bits per heavy atom. The summed E-state index contributed by atoms with van der Waals surface area (Å²) in [5, 5.41) is 2.65. The largest absolute Gasteiger partial charge is 0.359 e. The van der Waals surface area contributed by atoms with Gasteiger partial charge in [0.25, 0.3) is 0 Å². The molecule has 0 spiro atoms. The van der Waals surface area contributed by atoms with Gasteiger partial charge in [-0.05, 0) is 24.5 Å². The summed E-state index contributed by atoms with van der Waals surface area (Å²) in [6.45, 7) is 1.08. The maximum atomic E-state index is 13.0. The van der Waals surface area contributed by atoms with Crippen LogP contribution in [-0.2, 0) is 15.0 Å². The summed E-state index contributed by atoms with van der Waals surface area (Å²) < 4.78 is 0. The number of amides is 2. The minimum Gasteiger partial charge on any atom is -0.359 e. The Labute approximate surface area is 124 Å². The highest BCUT2D eigenvalue weighted by molar-refractivity contribution is 5.91. The lowest BCUT2D eigenvalue weighted by molar-refractivity contribution is -0.147. The van der Waals surface area contributed by atoms with E-state index in [1.54, 1.807) is 13.2 Å². The van der Waals surface area contributed by atoms with E-state index in [0.717, 1.165) is 31.2 Å². The van der Waals surface area contributed by atoms with Crippen LogP contribution in [0.15, 0.2) is 24.5 Å². The Morgan fingerprint density at radius 1 is 1.33 bits per heavy atom. The van der Waals surface area contributed by atoms with Crippen molar-refractivity contribution in [2.75, 3.05) is 20.1 Å². The van der Waals surface area contributed by atoms with Crippen molar-refractivity contribution >= 4 is 11.8 Å². The Balaban J connectivity index is 1.77. The predicted molar refractivity (Wildman–Crippen MR) is 78.5 cm³/mol. The fourth-order valence-electron chi connectivity index (χ4n) is 3.57. The van der Waals surface area contributed by atoms with Gasteiger partial charge in [-0.1, -0.05) is 18.9 Å². The lowest BCUT2D eigenvalue weighted by Gasteiger charge is -2.43. The monoisotopic (exact) mass is 287 g/mol. The van der Waals surface area contributed by atoms with Crippen LogP contribution in [0.2, 0.25) is 0 Å². The van der Waals surface area contributed by atoms with Gasteiger partial charge < -0.3 is 10.2 Å². The van der Waals surface area contributed by atoms with Gasteiger partial charge in [0.15, 0.2) is 0 Å². The Morgan fingerprint density at radius 2 is 2.05 bits per heavy atom. The van der Waals surface area contributed by atoms with Crippen LogP contribution < -0.4 is 5.32 Å². The molecule has 2 fully saturated rings. The molecule has 3 rings (SSSR count). The maximum absolute atomic E-state index is 13.0. The summed E-state index contributed by atoms with van der Waals surface area (Å²) in [5.41, 5.74) is 0.609. The van der Waals surface area contributed by atoms with Crippen LogP contribution in [-0.4, -0.2) is 41.8 Å². The van der Waals surface area contributed by atoms with Gasteiger partial charge in [0.2, 0.25) is 11.8 Å². The van der Waals surface area contributed by atoms with Crippen LogP contribution in [0.4, 0.5) is 0 Å². The molecular weight excluding hydrogens is 266 g/mol. The number of pyridine rings is 1. The van der Waals surface area contributed by atoms with Crippen molar-refractivity contribution in [3.8, 4) is 0 Å². The fourth-order valence-corrected chi connectivity index (χ4v) is 3.57. The molecule has 0 bridgehead atoms. The number of nitrogens with one attached hydrogen (secondary N) is 1. The van der Waals surface area contributed by atoms with E-state index in [4.69, 9.17) is 0 Å². The number of aromatic nitrogens is 1. The van der Waals surface area contributed by atoms with Gasteiger partial charge in [-0.2, -0.15) is 0 Å². The van der Waals surface area contributed by atoms with Crippen molar-refractivity contribution in [3.05, 3.63) is 30.1 Å². The number of carbonyl (C=O) groups excluding carboxylic acids is 2. The molecule has 1 aromatic rings. The van der Waals surface area contributed by atoms with E-state index in [-0.39, 0.29) is 17.7 Å². The minimum absolute atomic E-state index is 0.0286. The summed E-state index contributed by atoms with van der Waals surface area (Å²) in [6.07, 6.45) is 7.49. The fraction of sp³-hybridized carbons (Fsp3) is 0.562. The van der Waals surface area contributed by atoms with Gasteiger partial charge >= 0.3 is 0 Å². The molecule has 0 unspecified atom stereocenters. The summed E-state index contributed by atoms with van der Waals surface area (Å²) >= 11 is 0. The highest BCUT2D eigenvalue weighted by Gasteiger charge is 2.48. The van der Waals surface area contributed by atoms with Crippen LogP contribution in [0.1, 0.15) is 31.2 Å². The van der Waals surface area contributed by atoms with Crippen molar-refractivity contribution in [2.24, 2.45) is 5.92 Å². The zero-order valence-corrected chi connectivity index (χ0v) is 12.3. The van der Waals surface area contributed by atoms with Crippen molar-refractivity contribution in [3.63, 3.8) is 0 Å². The van der Waals surface area contributed by atoms with Crippen molar-refractivity contribution < 1.29 is 9.59 Å². The number of rotatable bonds is 3. The third kappa shape index (κ3) is 2.30. The van der Waals surface area contributed by atoms with Crippen LogP contribution >= 0.6 is 0 Å². The van der Waals surface area contributed by atoms with Crippen molar-refractivity contribution in [2.45, 2.75) is 31.1 Å². The maximum Gasteiger partial charge on any atom is 0.233 e. The molecule has 2 heterocycles. The Kier molecular flexibility index (Phi) is 3.66. The normalized spacial score (nSPS) is 20.9. The van der Waals surface area contributed by atoms with E-state index < -0.39 is 5.41 Å². The molecule has 0 aromatic carbocycles. The number of likely N-dealkylation sites (tertiary alicyclic amines) is 1. The van der Waals surface area contributed by atoms with Gasteiger partial charge in [0.05, 0.1) is 11.3 Å². The van der Waals surface area contributed by atoms with Gasteiger partial charge in [0.1, 0.15) is 0 Å². The van der Waals surface area contributed by atoms with E-state index in [0.29, 0.717) is 13.1 Å². The Bertz CT molecular complexity index is 532. The highest BCUT2D eigenvalue weighted by atomic mass is 16.2. The zero-order chi connectivity index (χ0) is 14.9. The molecule has 5 nitrogen and oxygen atoms in total. The molecule has 21 heavy (non-hydrogen) atoms. The van der Waals surface area contributed by atoms with Gasteiger partial charge in [0, 0.05) is 32.5 Å². The number of carbonyl (C=O) groups is 2. The van der Waals surface area contributed by atoms with Crippen LogP contribution in [0.25, 0.3) is 0 Å². The lowest BCUT2D eigenvalue weighted by atomic mass is 9.77. The molecule has 2 amide bonds. The second-order valence-corrected chi connectivity index (χ2v) is 6.05. The molecular formula is C16H21N3O2. The van der Waals surface area contributed by atoms with E-state index in [9.17, 15) is 9.59 Å². The molecule has 1 aliphatic carbocycles. The summed E-state index contributed by atoms with van der Waals surface area (Å²) in [4.78, 5) is 30.6. The van der Waals surface area contributed by atoms with E-state index in [1.165, 1.54) is 0 Å². The van der Waals surface area contributed by atoms with Gasteiger partial charge in [-0.3, -0.25) is 14.6 Å². The first kappa shape index (κ1) is 14.0. The minimum atomic E-state index is -0.415. The van der Waals surface area contributed by atoms with E-state index in [1.807, 2.05) is 23.2 Å². The average Bonchev–Trinajstić information content (AvgIpc) is 2.97. The van der Waals surface area contributed by atoms with Gasteiger partial charge in [-0.25, -0.2) is 0 Å². The standard InChI is InChI=1S/C16H21N3O2/c1-17-14(20)12-10-19(11-12)15(21)16(6-2-3-7-16)13-5-4-8-18-9-13/h4-5,8-9,12H,2-3,6-7,10-11H2,1H3,(H,17,20). The average molecular weight is 287 g/mol. The summed E-state index contributed by atoms with van der Waals surface area (Å²) in [6, 6.07) is 3.90. The molecule has 1 saturated carbocycles. The second-order valence-electron chi connectivity index (χ2n) is 6.05. The molecule has 5 heteroatoms. The molecule has 0 radical (unpaired) electrons. The topological polar surface area (TPSA) is 62.3 Å². The van der Waals surface area contributed by atoms with Gasteiger partial charge in [-0.15, -0.1) is 0 Å². The molecule has 1 aromatic heterocycles. The van der Waals surface area contributed by atoms with E-state index >= 15 is 0 Å². The smallest absolute Gasteiger partial charge is 0.233 e. The molecule has 1 aliphatic heterocycles. The quantitative estimate of drug-likeness (QED) is 0.905. The molecule has 0 atom stereocenters. The molecule has 1 N–H and O–H groups in total. The van der Waals surface area contributed by atoms with Crippen molar-refractivity contribution in [1.29, 1.82) is 0 Å². The second kappa shape index (κ2) is 5.47. The summed E-state index contributed by atoms with van der Waals surface area (Å²) in [7, 11) is 1.64. The third-order valence-electron chi connectivity index (χ3n) is 4.87. The van der Waals surface area contributed by atoms with Crippen molar-refractivity contribution in [1.82, 2.24) is 15.2 Å². The molecule has 2 aliphatic rings. The molecule has 1 saturated heterocycles. The van der Waals surface area contributed by atoms with E-state index in [2.05, 4.69) is 10.3 Å². The van der Waals surface area contributed by atoms with Crippen LogP contribution in [0.3, 0.4) is 0 Å². The molecule has 112 valence electrons. The number of hydrogen-bond acceptors (Lipinski definition) is 3. The highest BCUT2D eigenvalue weighted by Crippen LogP contribution is 2.43. The lowest BCUT2D eigenvalue weighted by Crippen LogP contribution is -2.59.